The van der Waals surface area contributed by atoms with Gasteiger partial charge in [-0.25, -0.2) is 0 Å². The van der Waals surface area contributed by atoms with Gasteiger partial charge in [0.2, 0.25) is 5.91 Å². The van der Waals surface area contributed by atoms with Crippen molar-refractivity contribution in [3.63, 3.8) is 0 Å². The normalized spacial score (nSPS) is 20.2. The number of anilines is 1. The summed E-state index contributed by atoms with van der Waals surface area (Å²) in [6.07, 6.45) is 0.693. The van der Waals surface area contributed by atoms with E-state index < -0.39 is 12.0 Å². The van der Waals surface area contributed by atoms with Crippen LogP contribution in [0.25, 0.3) is 0 Å². The summed E-state index contributed by atoms with van der Waals surface area (Å²) in [6, 6.07) is 17.0. The molecule has 2 amide bonds. The average Bonchev–Trinajstić information content (AvgIpc) is 2.97. The number of benzene rings is 3. The van der Waals surface area contributed by atoms with Gasteiger partial charge in [-0.1, -0.05) is 35.9 Å². The van der Waals surface area contributed by atoms with Crippen LogP contribution >= 0.6 is 11.6 Å². The Morgan fingerprint density at radius 2 is 1.62 bits per heavy atom. The third kappa shape index (κ3) is 4.29. The van der Waals surface area contributed by atoms with E-state index in [1.54, 1.807) is 14.2 Å². The van der Waals surface area contributed by atoms with Crippen LogP contribution in [0.4, 0.5) is 5.69 Å². The highest BCUT2D eigenvalue weighted by Crippen LogP contribution is 2.49. The Morgan fingerprint density at radius 3 is 2.36 bits per heavy atom. The number of hydrogen-bond donors (Lipinski definition) is 0. The number of carbonyl (C=O) groups excluding carboxylic acids is 2. The van der Waals surface area contributed by atoms with Gasteiger partial charge >= 0.3 is 0 Å². The lowest BCUT2D eigenvalue weighted by Gasteiger charge is -2.47. The molecule has 3 aliphatic rings. The zero-order valence-electron chi connectivity index (χ0n) is 22.4. The van der Waals surface area contributed by atoms with E-state index >= 15 is 0 Å². The summed E-state index contributed by atoms with van der Waals surface area (Å²) in [6.45, 7) is 5.27. The minimum absolute atomic E-state index is 0.0265. The Hall–Kier alpha value is -3.71. The number of carbonyl (C=O) groups is 2. The first kappa shape index (κ1) is 25.6. The summed E-state index contributed by atoms with van der Waals surface area (Å²) in [5.41, 5.74) is 5.72. The fourth-order valence-corrected chi connectivity index (χ4v) is 6.57. The molecule has 0 radical (unpaired) electrons. The monoisotopic (exact) mass is 545 g/mol. The van der Waals surface area contributed by atoms with Crippen LogP contribution in [0.15, 0.2) is 54.6 Å². The molecule has 0 bridgehead atoms. The molecule has 1 fully saturated rings. The molecule has 0 spiro atoms. The predicted octanol–water partition coefficient (Wildman–Crippen LogP) is 4.85. The summed E-state index contributed by atoms with van der Waals surface area (Å²) >= 11 is 6.28. The van der Waals surface area contributed by atoms with Crippen LogP contribution in [-0.2, 0) is 11.2 Å². The van der Waals surface area contributed by atoms with E-state index in [0.717, 1.165) is 41.0 Å². The van der Waals surface area contributed by atoms with Gasteiger partial charge in [-0.2, -0.15) is 0 Å². The van der Waals surface area contributed by atoms with Crippen molar-refractivity contribution in [1.82, 2.24) is 9.80 Å². The van der Waals surface area contributed by atoms with Gasteiger partial charge in [0.05, 0.1) is 26.2 Å². The first-order valence-electron chi connectivity index (χ1n) is 13.4. The fraction of sp³-hybridized carbons (Fsp3) is 0.355. The number of methoxy groups -OCH3 is 2. The fourth-order valence-electron chi connectivity index (χ4n) is 6.41. The number of nitrogens with zero attached hydrogens (tertiary/aromatic N) is 3. The van der Waals surface area contributed by atoms with Gasteiger partial charge < -0.3 is 24.2 Å². The van der Waals surface area contributed by atoms with Crippen molar-refractivity contribution in [3.05, 3.63) is 87.4 Å². The number of aryl methyl sites for hydroxylation is 1. The molecule has 0 aromatic heterocycles. The maximum atomic E-state index is 14.4. The molecule has 39 heavy (non-hydrogen) atoms. The van der Waals surface area contributed by atoms with Gasteiger partial charge in [0.15, 0.2) is 11.5 Å². The van der Waals surface area contributed by atoms with E-state index in [2.05, 4.69) is 11.8 Å². The molecule has 0 saturated carbocycles. The van der Waals surface area contributed by atoms with Crippen LogP contribution in [0.5, 0.6) is 11.5 Å². The van der Waals surface area contributed by atoms with Crippen LogP contribution in [-0.4, -0.2) is 68.6 Å². The molecule has 0 aliphatic carbocycles. The maximum absolute atomic E-state index is 14.4. The first-order valence-corrected chi connectivity index (χ1v) is 13.7. The number of hydrogen-bond acceptors (Lipinski definition) is 5. The van der Waals surface area contributed by atoms with Crippen LogP contribution < -0.4 is 14.4 Å². The largest absolute Gasteiger partial charge is 0.493 e. The van der Waals surface area contributed by atoms with Gasteiger partial charge in [0, 0.05) is 49.0 Å². The Morgan fingerprint density at radius 1 is 0.897 bits per heavy atom. The minimum Gasteiger partial charge on any atom is -0.493 e. The van der Waals surface area contributed by atoms with Crippen molar-refractivity contribution in [2.45, 2.75) is 25.3 Å². The molecule has 0 unspecified atom stereocenters. The Kier molecular flexibility index (Phi) is 6.63. The average molecular weight is 546 g/mol. The van der Waals surface area contributed by atoms with E-state index in [9.17, 15) is 9.59 Å². The molecule has 3 aromatic carbocycles. The van der Waals surface area contributed by atoms with Gasteiger partial charge in [-0.3, -0.25) is 9.59 Å². The zero-order chi connectivity index (χ0) is 27.3. The van der Waals surface area contributed by atoms with E-state index in [0.29, 0.717) is 48.1 Å². The topological polar surface area (TPSA) is 62.3 Å². The van der Waals surface area contributed by atoms with Crippen molar-refractivity contribution in [3.8, 4) is 11.5 Å². The number of ether oxygens (including phenoxy) is 2. The second-order valence-corrected chi connectivity index (χ2v) is 10.8. The molecule has 202 valence electrons. The summed E-state index contributed by atoms with van der Waals surface area (Å²) in [5.74, 6) is 0.774. The number of amides is 2. The van der Waals surface area contributed by atoms with E-state index in [1.165, 1.54) is 0 Å². The van der Waals surface area contributed by atoms with Crippen LogP contribution in [0.2, 0.25) is 5.02 Å². The number of fused-ring (bicyclic) bond motifs is 4. The zero-order valence-corrected chi connectivity index (χ0v) is 23.2. The van der Waals surface area contributed by atoms with Crippen LogP contribution in [0.3, 0.4) is 0 Å². The maximum Gasteiger partial charge on any atom is 0.254 e. The summed E-state index contributed by atoms with van der Waals surface area (Å²) in [4.78, 5) is 34.2. The second-order valence-electron chi connectivity index (χ2n) is 10.4. The molecule has 8 heteroatoms. The summed E-state index contributed by atoms with van der Waals surface area (Å²) in [5, 5.41) is 0.709. The lowest BCUT2D eigenvalue weighted by atomic mass is 9.75. The van der Waals surface area contributed by atoms with Gasteiger partial charge in [-0.05, 0) is 65.9 Å². The molecule has 0 N–H and O–H groups in total. The van der Waals surface area contributed by atoms with E-state index in [1.807, 2.05) is 64.4 Å². The third-order valence-corrected chi connectivity index (χ3v) is 8.63. The van der Waals surface area contributed by atoms with E-state index in [-0.39, 0.29) is 11.8 Å². The van der Waals surface area contributed by atoms with Crippen molar-refractivity contribution in [2.75, 3.05) is 51.8 Å². The van der Waals surface area contributed by atoms with Crippen molar-refractivity contribution in [1.29, 1.82) is 0 Å². The second kappa shape index (κ2) is 10.1. The Balaban J connectivity index is 1.36. The Labute approximate surface area is 233 Å². The van der Waals surface area contributed by atoms with Crippen molar-refractivity contribution in [2.24, 2.45) is 0 Å². The van der Waals surface area contributed by atoms with Gasteiger partial charge in [0.1, 0.15) is 0 Å². The highest BCUT2D eigenvalue weighted by Gasteiger charge is 2.48. The smallest absolute Gasteiger partial charge is 0.254 e. The highest BCUT2D eigenvalue weighted by atomic mass is 35.5. The van der Waals surface area contributed by atoms with Gasteiger partial charge in [0.25, 0.3) is 5.91 Å². The van der Waals surface area contributed by atoms with Crippen LogP contribution in [0.1, 0.15) is 44.6 Å². The molecule has 3 heterocycles. The quantitative estimate of drug-likeness (QED) is 0.469. The minimum atomic E-state index is -0.504. The molecule has 1 saturated heterocycles. The molecule has 6 rings (SSSR count). The van der Waals surface area contributed by atoms with E-state index in [4.69, 9.17) is 21.1 Å². The lowest BCUT2D eigenvalue weighted by molar-refractivity contribution is -0.135. The van der Waals surface area contributed by atoms with Crippen molar-refractivity contribution >= 4 is 29.1 Å². The van der Waals surface area contributed by atoms with Crippen LogP contribution in [0, 0.1) is 6.92 Å². The molecule has 7 nitrogen and oxygen atoms in total. The number of piperazine rings is 1. The van der Waals surface area contributed by atoms with Gasteiger partial charge in [-0.15, -0.1) is 0 Å². The third-order valence-electron chi connectivity index (χ3n) is 8.39. The summed E-state index contributed by atoms with van der Waals surface area (Å²) < 4.78 is 11.2. The number of rotatable bonds is 4. The molecular formula is C31H32ClN3O4. The molecular weight excluding hydrogens is 514 g/mol. The number of halogens is 1. The standard InChI is InChI=1S/C31H32ClN3O4/c1-19-8-9-21(32)17-25(19)33-12-14-34(15-13-33)31(37)28-22-6-4-5-7-23(22)30(36)35-11-10-20-16-26(38-2)27(39-3)18-24(20)29(28)35/h4-9,16-18,28-29H,10-15H2,1-3H3/t28-,29-/m0/s1. The molecule has 3 aromatic rings. The lowest BCUT2D eigenvalue weighted by Crippen LogP contribution is -2.54. The SMILES string of the molecule is COc1cc2c(cc1OC)[C@H]1[C@@H](C(=O)N3CCN(c4cc(Cl)ccc4C)CC3)c3ccccc3C(=O)N1CC2. The van der Waals surface area contributed by atoms with Crippen molar-refractivity contribution < 1.29 is 19.1 Å². The Bertz CT molecular complexity index is 1450. The summed E-state index contributed by atoms with van der Waals surface area (Å²) in [7, 11) is 3.23. The first-order chi connectivity index (χ1) is 18.9. The highest BCUT2D eigenvalue weighted by molar-refractivity contribution is 6.30. The molecule has 2 atom stereocenters. The predicted molar refractivity (Wildman–Crippen MR) is 151 cm³/mol. The molecule has 3 aliphatic heterocycles.